The fourth-order valence-electron chi connectivity index (χ4n) is 1.03. The summed E-state index contributed by atoms with van der Waals surface area (Å²) in [6.07, 6.45) is 2.32. The van der Waals surface area contributed by atoms with E-state index >= 15 is 0 Å². The molecule has 76 valence electrons. The fourth-order valence-corrected chi connectivity index (χ4v) is 1.03. The zero-order chi connectivity index (χ0) is 10.4. The van der Waals surface area contributed by atoms with Gasteiger partial charge in [0.15, 0.2) is 0 Å². The molecule has 0 bridgehead atoms. The fraction of sp³-hybridized carbons (Fsp3) is 0.500. The summed E-state index contributed by atoms with van der Waals surface area (Å²) in [7, 11) is 0. The maximum atomic E-state index is 11.1. The van der Waals surface area contributed by atoms with E-state index < -0.39 is 0 Å². The predicted octanol–water partition coefficient (Wildman–Crippen LogP) is 1.40. The standard InChI is InChI=1S/C10H14N2O2/c1-3-9(13)5-8-6-10(14-4-2)12-7-11-8/h6-7H,3-5H2,1-2H3. The van der Waals surface area contributed by atoms with Gasteiger partial charge in [-0.2, -0.15) is 0 Å². The Hall–Kier alpha value is -1.45. The van der Waals surface area contributed by atoms with Gasteiger partial charge < -0.3 is 4.74 Å². The van der Waals surface area contributed by atoms with Crippen molar-refractivity contribution in [3.8, 4) is 5.88 Å². The Bertz CT molecular complexity index is 313. The molecule has 0 amide bonds. The van der Waals surface area contributed by atoms with E-state index in [1.807, 2.05) is 13.8 Å². The third kappa shape index (κ3) is 3.12. The van der Waals surface area contributed by atoms with Gasteiger partial charge in [0.25, 0.3) is 0 Å². The molecule has 1 aromatic heterocycles. The number of ether oxygens (including phenoxy) is 1. The van der Waals surface area contributed by atoms with Gasteiger partial charge in [-0.25, -0.2) is 9.97 Å². The molecule has 1 heterocycles. The van der Waals surface area contributed by atoms with Gasteiger partial charge in [-0.15, -0.1) is 0 Å². The van der Waals surface area contributed by atoms with Gasteiger partial charge in [-0.3, -0.25) is 4.79 Å². The van der Waals surface area contributed by atoms with E-state index in [1.54, 1.807) is 6.07 Å². The van der Waals surface area contributed by atoms with Gasteiger partial charge in [0, 0.05) is 18.9 Å². The molecule has 1 aromatic rings. The first kappa shape index (κ1) is 10.6. The average molecular weight is 194 g/mol. The smallest absolute Gasteiger partial charge is 0.216 e. The molecule has 0 atom stereocenters. The highest BCUT2D eigenvalue weighted by Crippen LogP contribution is 2.07. The molecule has 0 N–H and O–H groups in total. The van der Waals surface area contributed by atoms with Crippen molar-refractivity contribution >= 4 is 5.78 Å². The summed E-state index contributed by atoms with van der Waals surface area (Å²) in [5.41, 5.74) is 0.718. The Labute approximate surface area is 83.3 Å². The van der Waals surface area contributed by atoms with Gasteiger partial charge >= 0.3 is 0 Å². The first-order valence-corrected chi connectivity index (χ1v) is 4.71. The Morgan fingerprint density at radius 1 is 1.43 bits per heavy atom. The number of hydrogen-bond donors (Lipinski definition) is 0. The molecule has 0 aliphatic rings. The molecular formula is C10H14N2O2. The summed E-state index contributed by atoms with van der Waals surface area (Å²) < 4.78 is 5.20. The minimum absolute atomic E-state index is 0.172. The first-order chi connectivity index (χ1) is 6.76. The zero-order valence-electron chi connectivity index (χ0n) is 8.49. The molecular weight excluding hydrogens is 180 g/mol. The summed E-state index contributed by atoms with van der Waals surface area (Å²) in [5, 5.41) is 0. The molecule has 4 heteroatoms. The van der Waals surface area contributed by atoms with E-state index in [0.29, 0.717) is 25.3 Å². The van der Waals surface area contributed by atoms with Crippen molar-refractivity contribution in [3.63, 3.8) is 0 Å². The van der Waals surface area contributed by atoms with Crippen LogP contribution >= 0.6 is 0 Å². The van der Waals surface area contributed by atoms with Crippen LogP contribution in [-0.4, -0.2) is 22.4 Å². The van der Waals surface area contributed by atoms with Gasteiger partial charge in [0.2, 0.25) is 5.88 Å². The van der Waals surface area contributed by atoms with E-state index in [-0.39, 0.29) is 5.78 Å². The second-order valence-corrected chi connectivity index (χ2v) is 2.85. The summed E-state index contributed by atoms with van der Waals surface area (Å²) >= 11 is 0. The molecule has 0 saturated heterocycles. The predicted molar refractivity (Wildman–Crippen MR) is 52.2 cm³/mol. The third-order valence-electron chi connectivity index (χ3n) is 1.76. The third-order valence-corrected chi connectivity index (χ3v) is 1.76. The number of carbonyl (C=O) groups excluding carboxylic acids is 1. The average Bonchev–Trinajstić information content (AvgIpc) is 2.19. The monoisotopic (exact) mass is 194 g/mol. The van der Waals surface area contributed by atoms with E-state index in [9.17, 15) is 4.79 Å². The van der Waals surface area contributed by atoms with E-state index in [2.05, 4.69) is 9.97 Å². The van der Waals surface area contributed by atoms with E-state index in [0.717, 1.165) is 5.69 Å². The van der Waals surface area contributed by atoms with Crippen molar-refractivity contribution in [3.05, 3.63) is 18.1 Å². The second kappa shape index (κ2) is 5.32. The molecule has 0 saturated carbocycles. The van der Waals surface area contributed by atoms with Crippen LogP contribution in [0.3, 0.4) is 0 Å². The molecule has 0 radical (unpaired) electrons. The largest absolute Gasteiger partial charge is 0.478 e. The normalized spacial score (nSPS) is 9.86. The Morgan fingerprint density at radius 3 is 2.86 bits per heavy atom. The molecule has 4 nitrogen and oxygen atoms in total. The summed E-state index contributed by atoms with van der Waals surface area (Å²) in [6.45, 7) is 4.30. The van der Waals surface area contributed by atoms with Crippen LogP contribution in [0.5, 0.6) is 5.88 Å². The van der Waals surface area contributed by atoms with Crippen LogP contribution in [0.4, 0.5) is 0 Å². The SMILES string of the molecule is CCOc1cc(CC(=O)CC)ncn1. The second-order valence-electron chi connectivity index (χ2n) is 2.85. The Balaban J connectivity index is 2.68. The minimum Gasteiger partial charge on any atom is -0.478 e. The van der Waals surface area contributed by atoms with Gasteiger partial charge in [0.1, 0.15) is 12.1 Å². The molecule has 14 heavy (non-hydrogen) atoms. The van der Waals surface area contributed by atoms with Gasteiger partial charge in [-0.05, 0) is 6.92 Å². The van der Waals surface area contributed by atoms with Crippen LogP contribution in [0.25, 0.3) is 0 Å². The Morgan fingerprint density at radius 2 is 2.21 bits per heavy atom. The van der Waals surface area contributed by atoms with Gasteiger partial charge in [-0.1, -0.05) is 6.92 Å². The molecule has 0 aliphatic carbocycles. The van der Waals surface area contributed by atoms with E-state index in [1.165, 1.54) is 6.33 Å². The number of rotatable bonds is 5. The van der Waals surface area contributed by atoms with Crippen molar-refractivity contribution in [2.24, 2.45) is 0 Å². The van der Waals surface area contributed by atoms with Crippen molar-refractivity contribution in [1.82, 2.24) is 9.97 Å². The lowest BCUT2D eigenvalue weighted by Crippen LogP contribution is -2.04. The van der Waals surface area contributed by atoms with E-state index in [4.69, 9.17) is 4.74 Å². The maximum absolute atomic E-state index is 11.1. The summed E-state index contributed by atoms with van der Waals surface area (Å²) in [5.74, 6) is 0.701. The highest BCUT2D eigenvalue weighted by atomic mass is 16.5. The van der Waals surface area contributed by atoms with Crippen LogP contribution in [0.2, 0.25) is 0 Å². The highest BCUT2D eigenvalue weighted by Gasteiger charge is 2.04. The number of carbonyl (C=O) groups is 1. The van der Waals surface area contributed by atoms with Crippen molar-refractivity contribution in [2.75, 3.05) is 6.61 Å². The highest BCUT2D eigenvalue weighted by molar-refractivity contribution is 5.80. The molecule has 0 spiro atoms. The molecule has 0 fully saturated rings. The van der Waals surface area contributed by atoms with Crippen LogP contribution in [0.15, 0.2) is 12.4 Å². The van der Waals surface area contributed by atoms with Crippen molar-refractivity contribution in [1.29, 1.82) is 0 Å². The Kier molecular flexibility index (Phi) is 4.04. The van der Waals surface area contributed by atoms with Crippen LogP contribution in [0, 0.1) is 0 Å². The topological polar surface area (TPSA) is 52.1 Å². The number of ketones is 1. The maximum Gasteiger partial charge on any atom is 0.216 e. The molecule has 1 rings (SSSR count). The number of hydrogen-bond acceptors (Lipinski definition) is 4. The number of aromatic nitrogens is 2. The first-order valence-electron chi connectivity index (χ1n) is 4.71. The van der Waals surface area contributed by atoms with Crippen LogP contribution < -0.4 is 4.74 Å². The van der Waals surface area contributed by atoms with Crippen LogP contribution in [-0.2, 0) is 11.2 Å². The quantitative estimate of drug-likeness (QED) is 0.710. The number of Topliss-reactive ketones (excluding diaryl/α,β-unsaturated/α-hetero) is 1. The van der Waals surface area contributed by atoms with Crippen molar-refractivity contribution < 1.29 is 9.53 Å². The molecule has 0 unspecified atom stereocenters. The molecule has 0 aromatic carbocycles. The zero-order valence-corrected chi connectivity index (χ0v) is 8.49. The van der Waals surface area contributed by atoms with Gasteiger partial charge in [0.05, 0.1) is 12.3 Å². The number of nitrogens with zero attached hydrogens (tertiary/aromatic N) is 2. The lowest BCUT2D eigenvalue weighted by atomic mass is 10.2. The van der Waals surface area contributed by atoms with Crippen LogP contribution in [0.1, 0.15) is 26.0 Å². The summed E-state index contributed by atoms with van der Waals surface area (Å²) in [6, 6.07) is 1.71. The molecule has 0 aliphatic heterocycles. The lowest BCUT2D eigenvalue weighted by Gasteiger charge is -2.02. The summed E-state index contributed by atoms with van der Waals surface area (Å²) in [4.78, 5) is 19.1. The van der Waals surface area contributed by atoms with Crippen molar-refractivity contribution in [2.45, 2.75) is 26.7 Å². The lowest BCUT2D eigenvalue weighted by molar-refractivity contribution is -0.118. The minimum atomic E-state index is 0.172.